The fourth-order valence-corrected chi connectivity index (χ4v) is 3.11. The molecule has 0 fully saturated rings. The molecule has 27 heavy (non-hydrogen) atoms. The molecule has 1 amide bonds. The van der Waals surface area contributed by atoms with E-state index in [4.69, 9.17) is 4.74 Å². The van der Waals surface area contributed by atoms with Gasteiger partial charge in [0.25, 0.3) is 5.91 Å². The molecule has 0 unspecified atom stereocenters. The fraction of sp³-hybridized carbons (Fsp3) is 0.227. The van der Waals surface area contributed by atoms with E-state index in [1.165, 1.54) is 0 Å². The van der Waals surface area contributed by atoms with Crippen LogP contribution in [0, 0.1) is 27.7 Å². The van der Waals surface area contributed by atoms with Crippen LogP contribution in [-0.4, -0.2) is 23.5 Å². The minimum Gasteiger partial charge on any atom is -0.452 e. The Hall–Kier alpha value is -3.21. The molecule has 1 aromatic heterocycles. The van der Waals surface area contributed by atoms with E-state index in [0.29, 0.717) is 11.3 Å². The molecule has 1 N–H and O–H groups in total. The van der Waals surface area contributed by atoms with Gasteiger partial charge in [-0.15, -0.1) is 0 Å². The summed E-state index contributed by atoms with van der Waals surface area (Å²) in [6, 6.07) is 13.3. The summed E-state index contributed by atoms with van der Waals surface area (Å²) in [6.07, 6.45) is 0. The molecule has 138 valence electrons. The maximum atomic E-state index is 12.6. The van der Waals surface area contributed by atoms with E-state index in [-0.39, 0.29) is 12.5 Å². The maximum absolute atomic E-state index is 12.6. The third kappa shape index (κ3) is 3.82. The van der Waals surface area contributed by atoms with E-state index in [1.807, 2.05) is 63.2 Å². The first kappa shape index (κ1) is 18.6. The average Bonchev–Trinajstić information content (AvgIpc) is 2.64. The van der Waals surface area contributed by atoms with E-state index in [1.54, 1.807) is 6.92 Å². The van der Waals surface area contributed by atoms with Gasteiger partial charge in [-0.05, 0) is 56.5 Å². The van der Waals surface area contributed by atoms with Crippen molar-refractivity contribution in [3.8, 4) is 0 Å². The molecule has 5 nitrogen and oxygen atoms in total. The number of nitrogens with zero attached hydrogens (tertiary/aromatic N) is 1. The van der Waals surface area contributed by atoms with Crippen LogP contribution >= 0.6 is 0 Å². The Labute approximate surface area is 158 Å². The minimum absolute atomic E-state index is 0.349. The average molecular weight is 362 g/mol. The van der Waals surface area contributed by atoms with Crippen molar-refractivity contribution >= 4 is 28.5 Å². The third-order valence-corrected chi connectivity index (χ3v) is 4.75. The van der Waals surface area contributed by atoms with Gasteiger partial charge in [0.15, 0.2) is 6.61 Å². The Balaban J connectivity index is 1.73. The van der Waals surface area contributed by atoms with Crippen molar-refractivity contribution in [2.24, 2.45) is 0 Å². The Morgan fingerprint density at radius 3 is 2.48 bits per heavy atom. The van der Waals surface area contributed by atoms with Crippen molar-refractivity contribution in [2.45, 2.75) is 27.7 Å². The van der Waals surface area contributed by atoms with Gasteiger partial charge in [0.05, 0.1) is 16.8 Å². The lowest BCUT2D eigenvalue weighted by Gasteiger charge is -2.13. The second kappa shape index (κ2) is 7.58. The normalized spacial score (nSPS) is 10.7. The smallest absolute Gasteiger partial charge is 0.340 e. The summed E-state index contributed by atoms with van der Waals surface area (Å²) in [5.41, 5.74) is 5.42. The van der Waals surface area contributed by atoms with Gasteiger partial charge in [0, 0.05) is 11.1 Å². The minimum atomic E-state index is -0.542. The summed E-state index contributed by atoms with van der Waals surface area (Å²) in [5.74, 6) is -0.916. The van der Waals surface area contributed by atoms with Gasteiger partial charge in [-0.1, -0.05) is 30.3 Å². The largest absolute Gasteiger partial charge is 0.452 e. The van der Waals surface area contributed by atoms with E-state index in [2.05, 4.69) is 10.3 Å². The van der Waals surface area contributed by atoms with Crippen molar-refractivity contribution in [1.82, 2.24) is 4.98 Å². The van der Waals surface area contributed by atoms with Crippen LogP contribution in [0.15, 0.2) is 42.5 Å². The van der Waals surface area contributed by atoms with Crippen molar-refractivity contribution in [2.75, 3.05) is 11.9 Å². The molecule has 1 heterocycles. The van der Waals surface area contributed by atoms with Crippen LogP contribution < -0.4 is 5.32 Å². The Kier molecular flexibility index (Phi) is 5.21. The molecule has 3 rings (SSSR count). The first-order chi connectivity index (χ1) is 12.9. The van der Waals surface area contributed by atoms with Gasteiger partial charge in [-0.25, -0.2) is 4.79 Å². The number of ether oxygens (including phenoxy) is 1. The van der Waals surface area contributed by atoms with Gasteiger partial charge in [-0.2, -0.15) is 0 Å². The fourth-order valence-electron chi connectivity index (χ4n) is 3.11. The van der Waals surface area contributed by atoms with Crippen molar-refractivity contribution in [3.05, 3.63) is 70.4 Å². The lowest BCUT2D eigenvalue weighted by atomic mass is 10.0. The van der Waals surface area contributed by atoms with Crippen LogP contribution in [-0.2, 0) is 9.53 Å². The number of benzene rings is 2. The molecule has 0 saturated carbocycles. The summed E-state index contributed by atoms with van der Waals surface area (Å²) < 4.78 is 5.25. The molecule has 3 aromatic rings. The van der Waals surface area contributed by atoms with Crippen LogP contribution in [0.3, 0.4) is 0 Å². The van der Waals surface area contributed by atoms with Crippen LogP contribution in [0.5, 0.6) is 0 Å². The molecule has 0 aliphatic rings. The monoisotopic (exact) mass is 362 g/mol. The number of fused-ring (bicyclic) bond motifs is 1. The van der Waals surface area contributed by atoms with Crippen LogP contribution in [0.1, 0.15) is 32.7 Å². The number of para-hydroxylation sites is 1. The number of aryl methyl sites for hydroxylation is 3. The van der Waals surface area contributed by atoms with Crippen molar-refractivity contribution in [1.29, 1.82) is 0 Å². The second-order valence-corrected chi connectivity index (χ2v) is 6.59. The predicted octanol–water partition coefficient (Wildman–Crippen LogP) is 4.26. The number of amides is 1. The quantitative estimate of drug-likeness (QED) is 0.704. The van der Waals surface area contributed by atoms with Gasteiger partial charge >= 0.3 is 5.97 Å². The molecule has 0 aliphatic heterocycles. The van der Waals surface area contributed by atoms with E-state index < -0.39 is 5.97 Å². The van der Waals surface area contributed by atoms with E-state index in [9.17, 15) is 9.59 Å². The molecule has 0 spiro atoms. The highest BCUT2D eigenvalue weighted by Gasteiger charge is 2.19. The zero-order chi connectivity index (χ0) is 19.6. The number of hydrogen-bond acceptors (Lipinski definition) is 4. The number of anilines is 1. The summed E-state index contributed by atoms with van der Waals surface area (Å²) >= 11 is 0. The number of rotatable bonds is 4. The highest BCUT2D eigenvalue weighted by atomic mass is 16.5. The highest BCUT2D eigenvalue weighted by molar-refractivity contribution is 6.00. The molecule has 5 heteroatoms. The molecular weight excluding hydrogens is 340 g/mol. The molecule has 0 bridgehead atoms. The van der Waals surface area contributed by atoms with Crippen LogP contribution in [0.25, 0.3) is 10.9 Å². The van der Waals surface area contributed by atoms with Gasteiger partial charge < -0.3 is 10.1 Å². The summed E-state index contributed by atoms with van der Waals surface area (Å²) in [4.78, 5) is 29.2. The summed E-state index contributed by atoms with van der Waals surface area (Å²) in [6.45, 7) is 7.20. The molecular formula is C22H22N2O3. The number of aromatic nitrogens is 1. The Morgan fingerprint density at radius 2 is 1.70 bits per heavy atom. The van der Waals surface area contributed by atoms with E-state index in [0.717, 1.165) is 33.3 Å². The number of nitrogens with one attached hydrogen (secondary N) is 1. The first-order valence-electron chi connectivity index (χ1n) is 8.77. The maximum Gasteiger partial charge on any atom is 0.340 e. The molecule has 0 saturated heterocycles. The Morgan fingerprint density at radius 1 is 0.963 bits per heavy atom. The lowest BCUT2D eigenvalue weighted by molar-refractivity contribution is -0.119. The number of hydrogen-bond donors (Lipinski definition) is 1. The number of pyridine rings is 1. The highest BCUT2D eigenvalue weighted by Crippen LogP contribution is 2.23. The number of carbonyl (C=O) groups excluding carboxylic acids is 2. The lowest BCUT2D eigenvalue weighted by Crippen LogP contribution is -2.22. The molecule has 2 aromatic carbocycles. The zero-order valence-corrected chi connectivity index (χ0v) is 15.9. The van der Waals surface area contributed by atoms with Crippen LogP contribution in [0.2, 0.25) is 0 Å². The first-order valence-corrected chi connectivity index (χ1v) is 8.77. The van der Waals surface area contributed by atoms with Crippen molar-refractivity contribution < 1.29 is 14.3 Å². The standard InChI is InChI=1S/C22H22N2O3/c1-13-8-7-11-18(14(13)2)24-20(25)12-27-22(26)21-15(3)17-9-5-6-10-19(17)23-16(21)4/h5-11H,12H2,1-4H3,(H,24,25). The van der Waals surface area contributed by atoms with Gasteiger partial charge in [0.2, 0.25) is 0 Å². The topological polar surface area (TPSA) is 68.3 Å². The van der Waals surface area contributed by atoms with Gasteiger partial charge in [0.1, 0.15) is 0 Å². The Bertz CT molecular complexity index is 1040. The SMILES string of the molecule is Cc1cccc(NC(=O)COC(=O)c2c(C)nc3ccccc3c2C)c1C. The summed E-state index contributed by atoms with van der Waals surface area (Å²) in [7, 11) is 0. The van der Waals surface area contributed by atoms with Crippen molar-refractivity contribution in [3.63, 3.8) is 0 Å². The molecule has 0 aliphatic carbocycles. The number of esters is 1. The third-order valence-electron chi connectivity index (χ3n) is 4.75. The van der Waals surface area contributed by atoms with Crippen LogP contribution in [0.4, 0.5) is 5.69 Å². The predicted molar refractivity (Wildman–Crippen MR) is 106 cm³/mol. The molecule has 0 atom stereocenters. The molecule has 0 radical (unpaired) electrons. The van der Waals surface area contributed by atoms with Gasteiger partial charge in [-0.3, -0.25) is 9.78 Å². The second-order valence-electron chi connectivity index (χ2n) is 6.59. The summed E-state index contributed by atoms with van der Waals surface area (Å²) in [5, 5.41) is 3.68. The zero-order valence-electron chi connectivity index (χ0n) is 15.9. The van der Waals surface area contributed by atoms with E-state index >= 15 is 0 Å². The number of carbonyl (C=O) groups is 2.